The molecule has 2 nitrogen and oxygen atoms in total. The molecule has 0 spiro atoms. The number of nitrogens with zero attached hydrogens (tertiary/aromatic N) is 1. The second-order valence-corrected chi connectivity index (χ2v) is 6.89. The van der Waals surface area contributed by atoms with Crippen molar-refractivity contribution in [2.75, 3.05) is 26.7 Å². The summed E-state index contributed by atoms with van der Waals surface area (Å²) < 4.78 is 0. The first-order chi connectivity index (χ1) is 9.13. The van der Waals surface area contributed by atoms with Crippen LogP contribution in [-0.4, -0.2) is 31.6 Å². The van der Waals surface area contributed by atoms with Gasteiger partial charge in [-0.05, 0) is 69.1 Å². The Balaban J connectivity index is 2.13. The highest BCUT2D eigenvalue weighted by molar-refractivity contribution is 7.09. The van der Waals surface area contributed by atoms with Gasteiger partial charge in [0.2, 0.25) is 0 Å². The molecule has 0 saturated heterocycles. The minimum Gasteiger partial charge on any atom is -0.330 e. The van der Waals surface area contributed by atoms with Crippen LogP contribution in [-0.2, 0) is 6.42 Å². The largest absolute Gasteiger partial charge is 0.330 e. The first-order valence-electron chi connectivity index (χ1n) is 7.54. The molecule has 0 fully saturated rings. The Bertz CT molecular complexity index is 309. The van der Waals surface area contributed by atoms with E-state index in [0.29, 0.717) is 0 Å². The van der Waals surface area contributed by atoms with Gasteiger partial charge in [-0.2, -0.15) is 0 Å². The van der Waals surface area contributed by atoms with Crippen molar-refractivity contribution in [3.63, 3.8) is 0 Å². The molecule has 0 aliphatic rings. The summed E-state index contributed by atoms with van der Waals surface area (Å²) in [7, 11) is 2.24. The summed E-state index contributed by atoms with van der Waals surface area (Å²) in [6.07, 6.45) is 4.98. The minimum absolute atomic E-state index is 0.764. The van der Waals surface area contributed by atoms with Gasteiger partial charge in [0.25, 0.3) is 0 Å². The summed E-state index contributed by atoms with van der Waals surface area (Å²) in [4.78, 5) is 3.95. The van der Waals surface area contributed by atoms with Gasteiger partial charge in [-0.25, -0.2) is 0 Å². The van der Waals surface area contributed by atoms with Crippen LogP contribution in [0.25, 0.3) is 0 Å². The summed E-state index contributed by atoms with van der Waals surface area (Å²) in [5.74, 6) is 1.57. The van der Waals surface area contributed by atoms with Gasteiger partial charge in [0.15, 0.2) is 0 Å². The fourth-order valence-corrected chi connectivity index (χ4v) is 3.21. The Morgan fingerprint density at radius 3 is 2.63 bits per heavy atom. The van der Waals surface area contributed by atoms with E-state index < -0.39 is 0 Å². The lowest BCUT2D eigenvalue weighted by Crippen LogP contribution is -2.23. The molecule has 2 N–H and O–H groups in total. The molecule has 0 aromatic carbocycles. The number of likely N-dealkylation sites (N-methyl/N-ethyl adjacent to an activating group) is 1. The molecule has 0 aliphatic heterocycles. The van der Waals surface area contributed by atoms with Gasteiger partial charge in [-0.15, -0.1) is 11.3 Å². The molecule has 3 heteroatoms. The SMILES string of the molecule is CC(C)C(CCN)CCCN(C)CCc1cccs1. The topological polar surface area (TPSA) is 29.3 Å². The monoisotopic (exact) mass is 282 g/mol. The molecule has 1 aromatic heterocycles. The minimum atomic E-state index is 0.764. The fourth-order valence-electron chi connectivity index (χ4n) is 2.52. The zero-order chi connectivity index (χ0) is 14.1. The molecule has 1 heterocycles. The highest BCUT2D eigenvalue weighted by atomic mass is 32.1. The molecule has 0 saturated carbocycles. The Hall–Kier alpha value is -0.380. The molecule has 1 aromatic rings. The van der Waals surface area contributed by atoms with Crippen molar-refractivity contribution in [1.29, 1.82) is 0 Å². The third kappa shape index (κ3) is 7.09. The average Bonchev–Trinajstić information content (AvgIpc) is 2.88. The Morgan fingerprint density at radius 1 is 1.26 bits per heavy atom. The lowest BCUT2D eigenvalue weighted by molar-refractivity contribution is 0.284. The highest BCUT2D eigenvalue weighted by Crippen LogP contribution is 2.20. The molecule has 1 atom stereocenters. The Labute approximate surface area is 123 Å². The number of rotatable bonds is 10. The van der Waals surface area contributed by atoms with E-state index in [-0.39, 0.29) is 0 Å². The van der Waals surface area contributed by atoms with Gasteiger partial charge >= 0.3 is 0 Å². The smallest absolute Gasteiger partial charge is 0.00579 e. The average molecular weight is 282 g/mol. The Kier molecular flexibility index (Phi) is 8.35. The van der Waals surface area contributed by atoms with Crippen LogP contribution in [0.3, 0.4) is 0 Å². The molecule has 0 radical (unpaired) electrons. The lowest BCUT2D eigenvalue weighted by Gasteiger charge is -2.22. The number of nitrogens with two attached hydrogens (primary N) is 1. The third-order valence-corrected chi connectivity index (χ3v) is 4.85. The molecule has 0 aliphatic carbocycles. The van der Waals surface area contributed by atoms with Crippen LogP contribution in [0, 0.1) is 11.8 Å². The summed E-state index contributed by atoms with van der Waals surface area (Å²) in [5.41, 5.74) is 5.69. The molecule has 19 heavy (non-hydrogen) atoms. The summed E-state index contributed by atoms with van der Waals surface area (Å²) in [5, 5.41) is 2.16. The Morgan fingerprint density at radius 2 is 2.05 bits per heavy atom. The maximum atomic E-state index is 5.69. The zero-order valence-corrected chi connectivity index (χ0v) is 13.6. The fraction of sp³-hybridized carbons (Fsp3) is 0.750. The molecule has 1 unspecified atom stereocenters. The van der Waals surface area contributed by atoms with Gasteiger partial charge in [-0.1, -0.05) is 19.9 Å². The molecule has 110 valence electrons. The zero-order valence-electron chi connectivity index (χ0n) is 12.8. The van der Waals surface area contributed by atoms with Crippen LogP contribution < -0.4 is 5.73 Å². The van der Waals surface area contributed by atoms with Crippen LogP contribution in [0.5, 0.6) is 0 Å². The summed E-state index contributed by atoms with van der Waals surface area (Å²) in [6.45, 7) is 7.85. The van der Waals surface area contributed by atoms with Crippen molar-refractivity contribution in [2.45, 2.75) is 39.5 Å². The van der Waals surface area contributed by atoms with Crippen LogP contribution >= 0.6 is 11.3 Å². The van der Waals surface area contributed by atoms with Crippen LogP contribution in [0.15, 0.2) is 17.5 Å². The summed E-state index contributed by atoms with van der Waals surface area (Å²) in [6, 6.07) is 4.37. The second kappa shape index (κ2) is 9.51. The molecular formula is C16H30N2S. The summed E-state index contributed by atoms with van der Waals surface area (Å²) >= 11 is 1.86. The maximum Gasteiger partial charge on any atom is 0.00579 e. The van der Waals surface area contributed by atoms with E-state index in [2.05, 4.69) is 43.3 Å². The van der Waals surface area contributed by atoms with Gasteiger partial charge in [-0.3, -0.25) is 0 Å². The standard InChI is InChI=1S/C16H30N2S/c1-14(2)15(8-10-17)6-4-11-18(3)12-9-16-7-5-13-19-16/h5,7,13-15H,4,6,8-12,17H2,1-3H3. The first-order valence-corrected chi connectivity index (χ1v) is 8.42. The number of hydrogen-bond acceptors (Lipinski definition) is 3. The molecule has 1 rings (SSSR count). The van der Waals surface area contributed by atoms with Gasteiger partial charge in [0, 0.05) is 11.4 Å². The highest BCUT2D eigenvalue weighted by Gasteiger charge is 2.12. The van der Waals surface area contributed by atoms with Crippen LogP contribution in [0.2, 0.25) is 0 Å². The normalized spacial score (nSPS) is 13.4. The van der Waals surface area contributed by atoms with Gasteiger partial charge in [0.05, 0.1) is 0 Å². The van der Waals surface area contributed by atoms with Crippen LogP contribution in [0.4, 0.5) is 0 Å². The van der Waals surface area contributed by atoms with Crippen molar-refractivity contribution in [3.8, 4) is 0 Å². The van der Waals surface area contributed by atoms with Crippen molar-refractivity contribution in [2.24, 2.45) is 17.6 Å². The predicted molar refractivity (Wildman–Crippen MR) is 86.8 cm³/mol. The third-order valence-electron chi connectivity index (χ3n) is 3.92. The van der Waals surface area contributed by atoms with E-state index in [0.717, 1.165) is 18.4 Å². The van der Waals surface area contributed by atoms with Gasteiger partial charge in [0.1, 0.15) is 0 Å². The van der Waals surface area contributed by atoms with E-state index >= 15 is 0 Å². The molecular weight excluding hydrogens is 252 g/mol. The van der Waals surface area contributed by atoms with Gasteiger partial charge < -0.3 is 10.6 Å². The van der Waals surface area contributed by atoms with E-state index in [4.69, 9.17) is 5.73 Å². The van der Waals surface area contributed by atoms with Crippen molar-refractivity contribution >= 4 is 11.3 Å². The first kappa shape index (κ1) is 16.7. The van der Waals surface area contributed by atoms with E-state index in [1.54, 1.807) is 0 Å². The molecule has 0 bridgehead atoms. The second-order valence-electron chi connectivity index (χ2n) is 5.86. The van der Waals surface area contributed by atoms with Crippen molar-refractivity contribution in [1.82, 2.24) is 4.90 Å². The maximum absolute atomic E-state index is 5.69. The number of thiophene rings is 1. The number of hydrogen-bond donors (Lipinski definition) is 1. The van der Waals surface area contributed by atoms with E-state index in [9.17, 15) is 0 Å². The van der Waals surface area contributed by atoms with E-state index in [1.165, 1.54) is 43.6 Å². The quantitative estimate of drug-likeness (QED) is 0.710. The van der Waals surface area contributed by atoms with Crippen molar-refractivity contribution < 1.29 is 0 Å². The molecule has 0 amide bonds. The van der Waals surface area contributed by atoms with Crippen LogP contribution in [0.1, 0.15) is 38.0 Å². The van der Waals surface area contributed by atoms with E-state index in [1.807, 2.05) is 11.3 Å². The van der Waals surface area contributed by atoms with Crippen molar-refractivity contribution in [3.05, 3.63) is 22.4 Å². The predicted octanol–water partition coefficient (Wildman–Crippen LogP) is 3.62. The lowest BCUT2D eigenvalue weighted by atomic mass is 9.88.